The zero-order valence-electron chi connectivity index (χ0n) is 18.4. The Hall–Kier alpha value is -3.59. The van der Waals surface area contributed by atoms with Crippen LogP contribution in [0.4, 0.5) is 0 Å². The van der Waals surface area contributed by atoms with Gasteiger partial charge in [-0.15, -0.1) is 0 Å². The zero-order chi connectivity index (χ0) is 22.0. The maximum Gasteiger partial charge on any atom is 0.186 e. The molecule has 0 aliphatic rings. The minimum atomic E-state index is 0.107. The number of aliphatic imine (C=N–C) groups is 1. The minimum absolute atomic E-state index is 0.107. The molecule has 4 aromatic carbocycles. The molecule has 31 heavy (non-hydrogen) atoms. The van der Waals surface area contributed by atoms with E-state index in [4.69, 9.17) is 11.5 Å². The van der Waals surface area contributed by atoms with Crippen LogP contribution < -0.4 is 11.5 Å². The Balaban J connectivity index is 1.76. The monoisotopic (exact) mass is 407 g/mol. The first-order valence-corrected chi connectivity index (χ1v) is 10.6. The van der Waals surface area contributed by atoms with Gasteiger partial charge in [0.25, 0.3) is 0 Å². The first-order valence-electron chi connectivity index (χ1n) is 10.6. The fourth-order valence-corrected chi connectivity index (χ4v) is 3.97. The van der Waals surface area contributed by atoms with Crippen LogP contribution in [0.5, 0.6) is 0 Å². The molecule has 3 heteroatoms. The third-order valence-corrected chi connectivity index (χ3v) is 5.70. The lowest BCUT2D eigenvalue weighted by atomic mass is 9.86. The lowest BCUT2D eigenvalue weighted by molar-refractivity contribution is 0.590. The summed E-state index contributed by atoms with van der Waals surface area (Å²) in [5, 5.41) is 2.46. The summed E-state index contributed by atoms with van der Waals surface area (Å²) >= 11 is 0. The van der Waals surface area contributed by atoms with Crippen molar-refractivity contribution >= 4 is 16.7 Å². The molecule has 0 fully saturated rings. The van der Waals surface area contributed by atoms with E-state index in [0.29, 0.717) is 6.54 Å². The molecular formula is C28H29N3. The SMILES string of the molecule is CC(C)(C)c1ccc(-c2cccc3cc(-c4ccccc4CN=C(N)N)ccc23)cc1. The molecule has 0 bridgehead atoms. The smallest absolute Gasteiger partial charge is 0.186 e. The van der Waals surface area contributed by atoms with E-state index in [0.717, 1.165) is 16.7 Å². The highest BCUT2D eigenvalue weighted by molar-refractivity contribution is 5.98. The van der Waals surface area contributed by atoms with E-state index in [2.05, 4.69) is 98.6 Å². The topological polar surface area (TPSA) is 64.4 Å². The highest BCUT2D eigenvalue weighted by Gasteiger charge is 2.14. The Kier molecular flexibility index (Phi) is 5.51. The van der Waals surface area contributed by atoms with Gasteiger partial charge in [-0.2, -0.15) is 0 Å². The highest BCUT2D eigenvalue weighted by Crippen LogP contribution is 2.34. The molecule has 0 aliphatic carbocycles. The summed E-state index contributed by atoms with van der Waals surface area (Å²) in [6.07, 6.45) is 0. The van der Waals surface area contributed by atoms with E-state index in [1.54, 1.807) is 0 Å². The molecule has 3 nitrogen and oxygen atoms in total. The number of nitrogens with two attached hydrogens (primary N) is 2. The number of hydrogen-bond acceptors (Lipinski definition) is 1. The molecule has 4 rings (SSSR count). The first kappa shape index (κ1) is 20.7. The van der Waals surface area contributed by atoms with Gasteiger partial charge in [0, 0.05) is 0 Å². The van der Waals surface area contributed by atoms with E-state index in [1.807, 2.05) is 12.1 Å². The fourth-order valence-electron chi connectivity index (χ4n) is 3.97. The van der Waals surface area contributed by atoms with Gasteiger partial charge in [-0.3, -0.25) is 0 Å². The lowest BCUT2D eigenvalue weighted by Crippen LogP contribution is -2.22. The van der Waals surface area contributed by atoms with Crippen LogP contribution >= 0.6 is 0 Å². The summed E-state index contributed by atoms with van der Waals surface area (Å²) in [5.74, 6) is 0.107. The van der Waals surface area contributed by atoms with Gasteiger partial charge < -0.3 is 11.5 Å². The number of guanidine groups is 1. The molecule has 0 spiro atoms. The van der Waals surface area contributed by atoms with E-state index >= 15 is 0 Å². The normalized spacial score (nSPS) is 11.5. The second-order valence-corrected chi connectivity index (χ2v) is 8.97. The Morgan fingerprint density at radius 1 is 0.742 bits per heavy atom. The second kappa shape index (κ2) is 8.27. The Bertz CT molecular complexity index is 1240. The standard InChI is InChI=1S/C28H29N3/c1-28(2,3)23-14-11-19(12-15-23)25-10-6-8-20-17-21(13-16-26(20)25)24-9-5-4-7-22(24)18-31-27(29)30/h4-17H,18H2,1-3H3,(H4,29,30,31). The zero-order valence-corrected chi connectivity index (χ0v) is 18.4. The van der Waals surface area contributed by atoms with Crippen molar-refractivity contribution in [3.8, 4) is 22.3 Å². The van der Waals surface area contributed by atoms with Crippen molar-refractivity contribution in [3.63, 3.8) is 0 Å². The maximum atomic E-state index is 5.54. The van der Waals surface area contributed by atoms with Gasteiger partial charge in [0.2, 0.25) is 0 Å². The molecule has 0 radical (unpaired) electrons. The number of nitrogens with zero attached hydrogens (tertiary/aromatic N) is 1. The molecule has 4 N–H and O–H groups in total. The summed E-state index contributed by atoms with van der Waals surface area (Å²) in [6, 6.07) is 30.3. The van der Waals surface area contributed by atoms with Gasteiger partial charge in [-0.25, -0.2) is 4.99 Å². The predicted octanol–water partition coefficient (Wildman–Crippen LogP) is 6.24. The number of hydrogen-bond donors (Lipinski definition) is 2. The Morgan fingerprint density at radius 2 is 1.42 bits per heavy atom. The Labute approximate surface area is 184 Å². The molecular weight excluding hydrogens is 378 g/mol. The molecule has 156 valence electrons. The van der Waals surface area contributed by atoms with Crippen molar-refractivity contribution in [2.24, 2.45) is 16.5 Å². The average Bonchev–Trinajstić information content (AvgIpc) is 2.76. The lowest BCUT2D eigenvalue weighted by Gasteiger charge is -2.19. The quantitative estimate of drug-likeness (QED) is 0.310. The van der Waals surface area contributed by atoms with Gasteiger partial charge in [0.15, 0.2) is 5.96 Å². The highest BCUT2D eigenvalue weighted by atomic mass is 15.0. The van der Waals surface area contributed by atoms with Crippen LogP contribution in [0.2, 0.25) is 0 Å². The van der Waals surface area contributed by atoms with E-state index in [9.17, 15) is 0 Å². The van der Waals surface area contributed by atoms with Crippen molar-refractivity contribution in [3.05, 3.63) is 96.1 Å². The summed E-state index contributed by atoms with van der Waals surface area (Å²) < 4.78 is 0. The summed E-state index contributed by atoms with van der Waals surface area (Å²) in [4.78, 5) is 4.19. The molecule has 0 atom stereocenters. The third kappa shape index (κ3) is 4.46. The molecule has 0 unspecified atom stereocenters. The van der Waals surface area contributed by atoms with Gasteiger partial charge in [0.1, 0.15) is 0 Å². The molecule has 0 amide bonds. The predicted molar refractivity (Wildman–Crippen MR) is 133 cm³/mol. The van der Waals surface area contributed by atoms with Gasteiger partial charge >= 0.3 is 0 Å². The van der Waals surface area contributed by atoms with Crippen LogP contribution in [0.3, 0.4) is 0 Å². The molecule has 0 saturated heterocycles. The van der Waals surface area contributed by atoms with Crippen molar-refractivity contribution in [2.75, 3.05) is 0 Å². The summed E-state index contributed by atoms with van der Waals surface area (Å²) in [7, 11) is 0. The van der Waals surface area contributed by atoms with E-state index in [-0.39, 0.29) is 11.4 Å². The van der Waals surface area contributed by atoms with Crippen LogP contribution in [0.15, 0.2) is 89.9 Å². The van der Waals surface area contributed by atoms with E-state index in [1.165, 1.54) is 27.5 Å². The van der Waals surface area contributed by atoms with Crippen molar-refractivity contribution in [1.29, 1.82) is 0 Å². The Morgan fingerprint density at radius 3 is 2.13 bits per heavy atom. The van der Waals surface area contributed by atoms with Crippen molar-refractivity contribution in [2.45, 2.75) is 32.7 Å². The number of benzene rings is 4. The minimum Gasteiger partial charge on any atom is -0.370 e. The van der Waals surface area contributed by atoms with Crippen LogP contribution in [0.1, 0.15) is 31.9 Å². The molecule has 0 aromatic heterocycles. The third-order valence-electron chi connectivity index (χ3n) is 5.70. The number of fused-ring (bicyclic) bond motifs is 1. The van der Waals surface area contributed by atoms with Gasteiger partial charge in [-0.1, -0.05) is 99.6 Å². The van der Waals surface area contributed by atoms with Crippen LogP contribution in [0.25, 0.3) is 33.0 Å². The molecule has 0 heterocycles. The van der Waals surface area contributed by atoms with Crippen molar-refractivity contribution in [1.82, 2.24) is 0 Å². The van der Waals surface area contributed by atoms with Crippen molar-refractivity contribution < 1.29 is 0 Å². The van der Waals surface area contributed by atoms with E-state index < -0.39 is 0 Å². The first-order chi connectivity index (χ1) is 14.8. The maximum absolute atomic E-state index is 5.54. The van der Waals surface area contributed by atoms with Crippen LogP contribution in [-0.2, 0) is 12.0 Å². The van der Waals surface area contributed by atoms with Crippen LogP contribution in [-0.4, -0.2) is 5.96 Å². The fraction of sp³-hybridized carbons (Fsp3) is 0.179. The largest absolute Gasteiger partial charge is 0.370 e. The molecule has 4 aromatic rings. The second-order valence-electron chi connectivity index (χ2n) is 8.97. The molecule has 0 aliphatic heterocycles. The summed E-state index contributed by atoms with van der Waals surface area (Å²) in [6.45, 7) is 7.20. The van der Waals surface area contributed by atoms with Crippen LogP contribution in [0, 0.1) is 0 Å². The summed E-state index contributed by atoms with van der Waals surface area (Å²) in [5.41, 5.74) is 18.5. The number of rotatable bonds is 4. The van der Waals surface area contributed by atoms with Gasteiger partial charge in [0.05, 0.1) is 6.54 Å². The average molecular weight is 408 g/mol. The van der Waals surface area contributed by atoms with Gasteiger partial charge in [-0.05, 0) is 55.6 Å². The molecule has 0 saturated carbocycles.